The normalized spacial score (nSPS) is 17.3. The van der Waals surface area contributed by atoms with Crippen LogP contribution in [-0.4, -0.2) is 43.0 Å². The summed E-state index contributed by atoms with van der Waals surface area (Å²) in [6, 6.07) is 6.88. The van der Waals surface area contributed by atoms with Gasteiger partial charge in [0, 0.05) is 6.61 Å². The standard InChI is InChI=1S/C29H38N4O3/c1-28(2,35-20-8-19-33(4)5)24-11-9-22(31-27(34)23-10-12-25(30-3)36-23)26(32-24)21-13-17-29(18-14-21)15-6-7-16-29/h9-13H,6-8,14-20H2,1-2,4-5H3,(H,31,34). The van der Waals surface area contributed by atoms with E-state index in [1.165, 1.54) is 43.4 Å². The van der Waals surface area contributed by atoms with Crippen molar-refractivity contribution >= 4 is 23.1 Å². The highest BCUT2D eigenvalue weighted by molar-refractivity contribution is 6.03. The number of hydrogen-bond donors (Lipinski definition) is 1. The highest BCUT2D eigenvalue weighted by atomic mass is 16.5. The van der Waals surface area contributed by atoms with Gasteiger partial charge < -0.3 is 19.4 Å². The number of nitrogens with zero attached hydrogens (tertiary/aromatic N) is 3. The van der Waals surface area contributed by atoms with E-state index in [0.717, 1.165) is 43.6 Å². The van der Waals surface area contributed by atoms with Crippen molar-refractivity contribution in [2.45, 2.75) is 70.8 Å². The van der Waals surface area contributed by atoms with E-state index < -0.39 is 5.60 Å². The number of carbonyl (C=O) groups is 1. The van der Waals surface area contributed by atoms with E-state index in [0.29, 0.717) is 17.7 Å². The average Bonchev–Trinajstić information content (AvgIpc) is 3.53. The molecule has 7 nitrogen and oxygen atoms in total. The zero-order valence-electron chi connectivity index (χ0n) is 22.0. The number of furan rings is 1. The number of allylic oxidation sites excluding steroid dienone is 2. The second-order valence-corrected chi connectivity index (χ2v) is 11.0. The summed E-state index contributed by atoms with van der Waals surface area (Å²) in [4.78, 5) is 23.4. The molecule has 0 radical (unpaired) electrons. The lowest BCUT2D eigenvalue weighted by Crippen LogP contribution is -2.26. The van der Waals surface area contributed by atoms with Crippen molar-refractivity contribution in [1.82, 2.24) is 9.88 Å². The average molecular weight is 491 g/mol. The first-order valence-corrected chi connectivity index (χ1v) is 13.0. The number of amides is 1. The minimum atomic E-state index is -0.558. The Hall–Kier alpha value is -2.95. The van der Waals surface area contributed by atoms with Crippen LogP contribution in [0.2, 0.25) is 0 Å². The maximum absolute atomic E-state index is 12.9. The summed E-state index contributed by atoms with van der Waals surface area (Å²) in [5, 5.41) is 2.98. The Kier molecular flexibility index (Phi) is 7.97. The molecule has 192 valence electrons. The highest BCUT2D eigenvalue weighted by Crippen LogP contribution is 2.50. The number of anilines is 1. The van der Waals surface area contributed by atoms with Gasteiger partial charge in [-0.25, -0.2) is 4.98 Å². The Morgan fingerprint density at radius 2 is 2.00 bits per heavy atom. The van der Waals surface area contributed by atoms with Crippen molar-refractivity contribution in [3.05, 3.63) is 58.9 Å². The Bertz CT molecular complexity index is 1150. The van der Waals surface area contributed by atoms with Crippen LogP contribution in [0.25, 0.3) is 10.4 Å². The third-order valence-corrected chi connectivity index (χ3v) is 7.57. The van der Waals surface area contributed by atoms with Gasteiger partial charge in [0.1, 0.15) is 5.60 Å². The fourth-order valence-corrected chi connectivity index (χ4v) is 5.35. The quantitative estimate of drug-likeness (QED) is 0.309. The molecule has 0 aliphatic heterocycles. The van der Waals surface area contributed by atoms with E-state index in [1.54, 1.807) is 0 Å². The van der Waals surface area contributed by atoms with Crippen LogP contribution in [0.15, 0.2) is 34.8 Å². The van der Waals surface area contributed by atoms with Gasteiger partial charge in [0.2, 0.25) is 0 Å². The summed E-state index contributed by atoms with van der Waals surface area (Å²) in [6.45, 7) is 12.8. The molecule has 1 spiro atoms. The Balaban J connectivity index is 1.60. The van der Waals surface area contributed by atoms with E-state index in [4.69, 9.17) is 20.7 Å². The number of hydrogen-bond acceptors (Lipinski definition) is 5. The molecule has 7 heteroatoms. The molecule has 1 N–H and O–H groups in total. The van der Waals surface area contributed by atoms with Crippen LogP contribution in [0, 0.1) is 12.0 Å². The molecule has 0 bridgehead atoms. The molecule has 2 aromatic heterocycles. The van der Waals surface area contributed by atoms with Gasteiger partial charge >= 0.3 is 5.88 Å². The molecule has 36 heavy (non-hydrogen) atoms. The minimum Gasteiger partial charge on any atom is -0.475 e. The number of carbonyl (C=O) groups excluding carboxylic acids is 1. The van der Waals surface area contributed by atoms with E-state index in [9.17, 15) is 4.79 Å². The van der Waals surface area contributed by atoms with Crippen LogP contribution in [0.5, 0.6) is 0 Å². The van der Waals surface area contributed by atoms with Gasteiger partial charge in [-0.2, -0.15) is 4.85 Å². The van der Waals surface area contributed by atoms with Gasteiger partial charge in [-0.15, -0.1) is 0 Å². The van der Waals surface area contributed by atoms with Gasteiger partial charge in [-0.1, -0.05) is 18.9 Å². The molecule has 2 aliphatic rings. The predicted octanol–water partition coefficient (Wildman–Crippen LogP) is 6.81. The van der Waals surface area contributed by atoms with Crippen molar-refractivity contribution in [3.8, 4) is 0 Å². The van der Waals surface area contributed by atoms with E-state index in [2.05, 4.69) is 35.2 Å². The Morgan fingerprint density at radius 3 is 2.64 bits per heavy atom. The van der Waals surface area contributed by atoms with Crippen LogP contribution >= 0.6 is 0 Å². The monoisotopic (exact) mass is 490 g/mol. The molecule has 0 unspecified atom stereocenters. The summed E-state index contributed by atoms with van der Waals surface area (Å²) >= 11 is 0. The molecular weight excluding hydrogens is 452 g/mol. The Morgan fingerprint density at radius 1 is 1.22 bits per heavy atom. The van der Waals surface area contributed by atoms with Crippen LogP contribution in [0.4, 0.5) is 11.6 Å². The van der Waals surface area contributed by atoms with Crippen LogP contribution in [-0.2, 0) is 10.3 Å². The largest absolute Gasteiger partial charge is 0.475 e. The first-order chi connectivity index (χ1) is 17.2. The van der Waals surface area contributed by atoms with Gasteiger partial charge in [0.25, 0.3) is 5.91 Å². The molecule has 0 saturated heterocycles. The molecule has 0 aromatic carbocycles. The topological polar surface area (TPSA) is 72.0 Å². The maximum atomic E-state index is 12.9. The van der Waals surface area contributed by atoms with E-state index in [-0.39, 0.29) is 17.6 Å². The third kappa shape index (κ3) is 6.05. The molecule has 2 heterocycles. The number of nitrogens with one attached hydrogen (secondary N) is 1. The lowest BCUT2D eigenvalue weighted by atomic mass is 9.73. The second kappa shape index (κ2) is 11.0. The maximum Gasteiger partial charge on any atom is 0.346 e. The van der Waals surface area contributed by atoms with Crippen LogP contribution in [0.1, 0.15) is 87.2 Å². The van der Waals surface area contributed by atoms with Gasteiger partial charge in [0.05, 0.1) is 23.6 Å². The van der Waals surface area contributed by atoms with E-state index >= 15 is 0 Å². The van der Waals surface area contributed by atoms with Gasteiger partial charge in [-0.05, 0) is 108 Å². The highest BCUT2D eigenvalue weighted by Gasteiger charge is 2.36. The summed E-state index contributed by atoms with van der Waals surface area (Å²) in [6.07, 6.45) is 11.7. The molecular formula is C29H38N4O3. The summed E-state index contributed by atoms with van der Waals surface area (Å²) in [5.74, 6) is -0.175. The number of pyridine rings is 1. The lowest BCUT2D eigenvalue weighted by molar-refractivity contribution is -0.0274. The molecule has 4 rings (SSSR count). The lowest BCUT2D eigenvalue weighted by Gasteiger charge is -2.33. The summed E-state index contributed by atoms with van der Waals surface area (Å²) in [5.41, 5.74) is 3.36. The van der Waals surface area contributed by atoms with Crippen LogP contribution in [0.3, 0.4) is 0 Å². The van der Waals surface area contributed by atoms with Gasteiger partial charge in [-0.3, -0.25) is 4.79 Å². The molecule has 1 amide bonds. The second-order valence-electron chi connectivity index (χ2n) is 11.0. The van der Waals surface area contributed by atoms with Crippen molar-refractivity contribution in [2.24, 2.45) is 5.41 Å². The van der Waals surface area contributed by atoms with Crippen molar-refractivity contribution in [3.63, 3.8) is 0 Å². The fourth-order valence-electron chi connectivity index (χ4n) is 5.35. The predicted molar refractivity (Wildman–Crippen MR) is 142 cm³/mol. The van der Waals surface area contributed by atoms with Crippen molar-refractivity contribution < 1.29 is 13.9 Å². The smallest absolute Gasteiger partial charge is 0.346 e. The number of ether oxygens (including phenoxy) is 1. The first kappa shape index (κ1) is 26.1. The zero-order valence-corrected chi connectivity index (χ0v) is 22.0. The summed E-state index contributed by atoms with van der Waals surface area (Å²) < 4.78 is 11.6. The van der Waals surface area contributed by atoms with Crippen LogP contribution < -0.4 is 5.32 Å². The molecule has 2 aliphatic carbocycles. The van der Waals surface area contributed by atoms with Gasteiger partial charge in [0.15, 0.2) is 5.76 Å². The first-order valence-electron chi connectivity index (χ1n) is 13.0. The van der Waals surface area contributed by atoms with E-state index in [1.807, 2.05) is 26.0 Å². The molecule has 2 aromatic rings. The SMILES string of the molecule is [C-]#[N+]c1ccc(C(=O)Nc2ccc(C(C)(C)OCCCN(C)C)nc2C2=CCC3(CCCC3)CC2)o1. The molecule has 1 fully saturated rings. The fraction of sp³-hybridized carbons (Fsp3) is 0.552. The number of rotatable bonds is 9. The molecule has 0 atom stereocenters. The number of aromatic nitrogens is 1. The minimum absolute atomic E-state index is 0.0962. The van der Waals surface area contributed by atoms with Crippen molar-refractivity contribution in [1.29, 1.82) is 0 Å². The molecule has 1 saturated carbocycles. The summed E-state index contributed by atoms with van der Waals surface area (Å²) in [7, 11) is 4.12. The Labute approximate surface area is 214 Å². The zero-order chi connectivity index (χ0) is 25.8. The third-order valence-electron chi connectivity index (χ3n) is 7.57. The van der Waals surface area contributed by atoms with Crippen molar-refractivity contribution in [2.75, 3.05) is 32.6 Å².